The summed E-state index contributed by atoms with van der Waals surface area (Å²) in [6, 6.07) is 1.51. The molecule has 0 aromatic carbocycles. The SMILES string of the molecule is C1CCC([C@H]2CN3C(=NC[C@@H]3C3CCCCC3)N2CCC23CC4CC(CC(C4)C2)C3)CC1. The summed E-state index contributed by atoms with van der Waals surface area (Å²) in [5, 5.41) is 0. The summed E-state index contributed by atoms with van der Waals surface area (Å²) in [6.45, 7) is 3.73. The van der Waals surface area contributed by atoms with Gasteiger partial charge in [0.25, 0.3) is 0 Å². The molecule has 32 heavy (non-hydrogen) atoms. The molecule has 3 heteroatoms. The summed E-state index contributed by atoms with van der Waals surface area (Å²) in [7, 11) is 0. The van der Waals surface area contributed by atoms with Crippen molar-refractivity contribution in [1.29, 1.82) is 0 Å². The van der Waals surface area contributed by atoms with Crippen molar-refractivity contribution in [2.75, 3.05) is 19.6 Å². The minimum atomic E-state index is 0.710. The molecule has 7 fully saturated rings. The lowest BCUT2D eigenvalue weighted by Crippen LogP contribution is -2.48. The second-order valence-electron chi connectivity index (χ2n) is 13.6. The Labute approximate surface area is 196 Å². The highest BCUT2D eigenvalue weighted by molar-refractivity contribution is 5.84. The number of guanidine groups is 1. The van der Waals surface area contributed by atoms with E-state index in [1.165, 1.54) is 89.7 Å². The smallest absolute Gasteiger partial charge is 0.197 e. The molecule has 2 atom stereocenters. The molecule has 8 aliphatic rings. The zero-order chi connectivity index (χ0) is 21.1. The van der Waals surface area contributed by atoms with Crippen molar-refractivity contribution >= 4 is 5.96 Å². The molecule has 2 aliphatic heterocycles. The van der Waals surface area contributed by atoms with Crippen LogP contribution in [-0.4, -0.2) is 47.5 Å². The number of nitrogens with zero attached hydrogens (tertiary/aromatic N) is 3. The second-order valence-corrected chi connectivity index (χ2v) is 13.6. The van der Waals surface area contributed by atoms with Crippen molar-refractivity contribution in [3.8, 4) is 0 Å². The highest BCUT2D eigenvalue weighted by atomic mass is 15.5. The zero-order valence-electron chi connectivity index (χ0n) is 20.5. The number of rotatable bonds is 5. The van der Waals surface area contributed by atoms with E-state index in [1.807, 2.05) is 0 Å². The molecule has 4 bridgehead atoms. The largest absolute Gasteiger partial charge is 0.338 e. The summed E-state index contributed by atoms with van der Waals surface area (Å²) in [6.07, 6.45) is 25.6. The van der Waals surface area contributed by atoms with Crippen LogP contribution in [0.2, 0.25) is 0 Å². The number of hydrogen-bond acceptors (Lipinski definition) is 3. The fraction of sp³-hybridized carbons (Fsp3) is 0.966. The van der Waals surface area contributed by atoms with Gasteiger partial charge >= 0.3 is 0 Å². The number of hydrogen-bond donors (Lipinski definition) is 0. The van der Waals surface area contributed by atoms with Gasteiger partial charge in [-0.15, -0.1) is 0 Å². The first-order chi connectivity index (χ1) is 15.8. The van der Waals surface area contributed by atoms with E-state index in [4.69, 9.17) is 4.99 Å². The van der Waals surface area contributed by atoms with E-state index in [0.29, 0.717) is 5.41 Å². The van der Waals surface area contributed by atoms with Gasteiger partial charge in [0.2, 0.25) is 0 Å². The average Bonchev–Trinajstić information content (AvgIpc) is 3.37. The first kappa shape index (κ1) is 20.6. The molecule has 0 aromatic rings. The van der Waals surface area contributed by atoms with Crippen molar-refractivity contribution in [2.45, 2.75) is 121 Å². The lowest BCUT2D eigenvalue weighted by atomic mass is 9.49. The van der Waals surface area contributed by atoms with Gasteiger partial charge < -0.3 is 9.80 Å². The van der Waals surface area contributed by atoms with Crippen LogP contribution in [0.15, 0.2) is 4.99 Å². The van der Waals surface area contributed by atoms with Crippen molar-refractivity contribution in [1.82, 2.24) is 9.80 Å². The fourth-order valence-corrected chi connectivity index (χ4v) is 10.5. The second kappa shape index (κ2) is 8.19. The highest BCUT2D eigenvalue weighted by Crippen LogP contribution is 2.61. The van der Waals surface area contributed by atoms with E-state index in [9.17, 15) is 0 Å². The van der Waals surface area contributed by atoms with Crippen LogP contribution in [0.4, 0.5) is 0 Å². The van der Waals surface area contributed by atoms with Gasteiger partial charge in [-0.3, -0.25) is 4.99 Å². The number of aliphatic imine (C=N–C) groups is 1. The van der Waals surface area contributed by atoms with Gasteiger partial charge in [0.15, 0.2) is 5.96 Å². The van der Waals surface area contributed by atoms with Gasteiger partial charge in [-0.2, -0.15) is 0 Å². The molecule has 0 spiro atoms. The number of fused-ring (bicyclic) bond motifs is 1. The van der Waals surface area contributed by atoms with E-state index in [-0.39, 0.29) is 0 Å². The molecule has 0 N–H and O–H groups in total. The first-order valence-electron chi connectivity index (χ1n) is 14.8. The van der Waals surface area contributed by atoms with Gasteiger partial charge in [0, 0.05) is 13.1 Å². The van der Waals surface area contributed by atoms with Gasteiger partial charge in [-0.25, -0.2) is 0 Å². The Balaban J connectivity index is 1.10. The Morgan fingerprint density at radius 3 is 1.88 bits per heavy atom. The fourth-order valence-electron chi connectivity index (χ4n) is 10.5. The summed E-state index contributed by atoms with van der Waals surface area (Å²) in [5.74, 6) is 6.57. The average molecular weight is 438 g/mol. The third-order valence-electron chi connectivity index (χ3n) is 11.6. The lowest BCUT2D eigenvalue weighted by Gasteiger charge is -2.57. The molecular formula is C29H47N3. The highest BCUT2D eigenvalue weighted by Gasteiger charge is 2.52. The van der Waals surface area contributed by atoms with Crippen molar-refractivity contribution < 1.29 is 0 Å². The van der Waals surface area contributed by atoms with Crippen LogP contribution < -0.4 is 0 Å². The van der Waals surface area contributed by atoms with Crippen LogP contribution in [0, 0.1) is 35.0 Å². The maximum absolute atomic E-state index is 5.31. The molecule has 6 aliphatic carbocycles. The third-order valence-corrected chi connectivity index (χ3v) is 11.6. The Kier molecular flexibility index (Phi) is 5.28. The normalized spacial score (nSPS) is 44.4. The Morgan fingerprint density at radius 1 is 0.719 bits per heavy atom. The molecule has 0 amide bonds. The van der Waals surface area contributed by atoms with E-state index in [1.54, 1.807) is 38.5 Å². The molecule has 2 heterocycles. The third kappa shape index (κ3) is 3.54. The standard InChI is InChI=1S/C29H47N3/c1-3-7-24(8-4-1)26-19-30-28-31(27(20-32(26)28)25-9-5-2-6-10-25)12-11-29-16-21-13-22(17-29)15-23(14-21)18-29/h21-27H,1-20H2/t21?,22?,23?,26-,27-,29?/m1/s1. The molecular weight excluding hydrogens is 390 g/mol. The van der Waals surface area contributed by atoms with Crippen LogP contribution in [0.25, 0.3) is 0 Å². The quantitative estimate of drug-likeness (QED) is 0.490. The minimum absolute atomic E-state index is 0.710. The Bertz CT molecular complexity index is 681. The van der Waals surface area contributed by atoms with E-state index in [2.05, 4.69) is 9.80 Å². The molecule has 6 saturated carbocycles. The molecule has 0 radical (unpaired) electrons. The monoisotopic (exact) mass is 437 g/mol. The molecule has 8 rings (SSSR count). The van der Waals surface area contributed by atoms with Gasteiger partial charge in [0.1, 0.15) is 0 Å². The van der Waals surface area contributed by atoms with Crippen LogP contribution in [0.3, 0.4) is 0 Å². The molecule has 0 aromatic heterocycles. The first-order valence-corrected chi connectivity index (χ1v) is 14.8. The molecule has 178 valence electrons. The molecule has 1 saturated heterocycles. The van der Waals surface area contributed by atoms with Crippen LogP contribution in [0.1, 0.15) is 109 Å². The predicted octanol–water partition coefficient (Wildman–Crippen LogP) is 6.48. The lowest BCUT2D eigenvalue weighted by molar-refractivity contribution is -0.0601. The van der Waals surface area contributed by atoms with Crippen LogP contribution in [-0.2, 0) is 0 Å². The van der Waals surface area contributed by atoms with Crippen LogP contribution >= 0.6 is 0 Å². The summed E-state index contributed by atoms with van der Waals surface area (Å²) < 4.78 is 0. The van der Waals surface area contributed by atoms with Crippen molar-refractivity contribution in [3.05, 3.63) is 0 Å². The Morgan fingerprint density at radius 2 is 1.28 bits per heavy atom. The van der Waals surface area contributed by atoms with Crippen molar-refractivity contribution in [3.63, 3.8) is 0 Å². The van der Waals surface area contributed by atoms with E-state index < -0.39 is 0 Å². The topological polar surface area (TPSA) is 18.8 Å². The zero-order valence-corrected chi connectivity index (χ0v) is 20.5. The van der Waals surface area contributed by atoms with Crippen LogP contribution in [0.5, 0.6) is 0 Å². The van der Waals surface area contributed by atoms with Crippen molar-refractivity contribution in [2.24, 2.45) is 40.0 Å². The Hall–Kier alpha value is -0.730. The summed E-state index contributed by atoms with van der Waals surface area (Å²) >= 11 is 0. The van der Waals surface area contributed by atoms with Gasteiger partial charge in [-0.05, 0) is 106 Å². The van der Waals surface area contributed by atoms with E-state index >= 15 is 0 Å². The summed E-state index contributed by atoms with van der Waals surface area (Å²) in [4.78, 5) is 11.1. The maximum atomic E-state index is 5.31. The molecule has 0 unspecified atom stereocenters. The van der Waals surface area contributed by atoms with E-state index in [0.717, 1.165) is 48.2 Å². The maximum Gasteiger partial charge on any atom is 0.197 e. The van der Waals surface area contributed by atoms with Gasteiger partial charge in [0.05, 0.1) is 18.6 Å². The predicted molar refractivity (Wildman–Crippen MR) is 132 cm³/mol. The summed E-state index contributed by atoms with van der Waals surface area (Å²) in [5.41, 5.74) is 0.710. The minimum Gasteiger partial charge on any atom is -0.338 e. The van der Waals surface area contributed by atoms with Gasteiger partial charge in [-0.1, -0.05) is 38.5 Å². The molecule has 3 nitrogen and oxygen atoms in total.